The zero-order valence-corrected chi connectivity index (χ0v) is 13.0. The number of halogens is 1. The molecule has 0 aliphatic heterocycles. The molecule has 0 aromatic carbocycles. The van der Waals surface area contributed by atoms with Crippen molar-refractivity contribution in [3.8, 4) is 0 Å². The fraction of sp³-hybridized carbons (Fsp3) is 0.417. The molecule has 17 heavy (non-hydrogen) atoms. The molecule has 0 spiro atoms. The molecule has 0 fully saturated rings. The molecule has 0 radical (unpaired) electrons. The maximum atomic E-state index is 4.44. The SMILES string of the molecule is CCNC(Cc1ccn(C)n1)c1csc(I)c1. The Balaban J connectivity index is 2.12. The van der Waals surface area contributed by atoms with Gasteiger partial charge in [-0.15, -0.1) is 11.3 Å². The molecule has 2 aromatic rings. The number of nitrogens with zero attached hydrogens (tertiary/aromatic N) is 2. The fourth-order valence-corrected chi connectivity index (χ4v) is 3.27. The average Bonchev–Trinajstić information content (AvgIpc) is 2.87. The maximum Gasteiger partial charge on any atom is 0.0656 e. The molecular formula is C12H16IN3S. The van der Waals surface area contributed by atoms with E-state index in [1.165, 1.54) is 8.45 Å². The van der Waals surface area contributed by atoms with E-state index in [1.54, 1.807) is 11.3 Å². The van der Waals surface area contributed by atoms with Gasteiger partial charge >= 0.3 is 0 Å². The van der Waals surface area contributed by atoms with E-state index in [0.717, 1.165) is 18.7 Å². The Morgan fingerprint density at radius 3 is 2.94 bits per heavy atom. The van der Waals surface area contributed by atoms with Crippen LogP contribution in [0.3, 0.4) is 0 Å². The molecule has 1 atom stereocenters. The third-order valence-electron chi connectivity index (χ3n) is 2.62. The molecule has 0 saturated carbocycles. The zero-order chi connectivity index (χ0) is 12.3. The predicted molar refractivity (Wildman–Crippen MR) is 80.4 cm³/mol. The van der Waals surface area contributed by atoms with Gasteiger partial charge in [0.25, 0.3) is 0 Å². The van der Waals surface area contributed by atoms with E-state index in [-0.39, 0.29) is 0 Å². The van der Waals surface area contributed by atoms with Crippen LogP contribution in [0.1, 0.15) is 24.2 Å². The van der Waals surface area contributed by atoms with Gasteiger partial charge in [-0.1, -0.05) is 6.92 Å². The second-order valence-electron chi connectivity index (χ2n) is 3.98. The van der Waals surface area contributed by atoms with Gasteiger partial charge < -0.3 is 5.32 Å². The van der Waals surface area contributed by atoms with Crippen LogP contribution >= 0.6 is 33.9 Å². The molecule has 2 rings (SSSR count). The first-order valence-electron chi connectivity index (χ1n) is 5.65. The number of aryl methyl sites for hydroxylation is 1. The van der Waals surface area contributed by atoms with E-state index in [2.05, 4.69) is 57.4 Å². The summed E-state index contributed by atoms with van der Waals surface area (Å²) in [6.07, 6.45) is 2.94. The highest BCUT2D eigenvalue weighted by atomic mass is 127. The topological polar surface area (TPSA) is 29.9 Å². The third kappa shape index (κ3) is 3.53. The molecule has 3 nitrogen and oxygen atoms in total. The van der Waals surface area contributed by atoms with Crippen LogP contribution in [0.25, 0.3) is 0 Å². The van der Waals surface area contributed by atoms with E-state index < -0.39 is 0 Å². The molecule has 1 unspecified atom stereocenters. The summed E-state index contributed by atoms with van der Waals surface area (Å²) in [5, 5.41) is 10.2. The normalized spacial score (nSPS) is 12.9. The van der Waals surface area contributed by atoms with E-state index >= 15 is 0 Å². The fourth-order valence-electron chi connectivity index (χ4n) is 1.84. The predicted octanol–water partition coefficient (Wildman–Crippen LogP) is 2.98. The highest BCUT2D eigenvalue weighted by molar-refractivity contribution is 14.1. The highest BCUT2D eigenvalue weighted by Crippen LogP contribution is 2.24. The van der Waals surface area contributed by atoms with Crippen LogP contribution < -0.4 is 5.32 Å². The van der Waals surface area contributed by atoms with Crippen LogP contribution in [0.15, 0.2) is 23.7 Å². The second kappa shape index (κ2) is 5.97. The molecule has 0 aliphatic rings. The number of hydrogen-bond acceptors (Lipinski definition) is 3. The summed E-state index contributed by atoms with van der Waals surface area (Å²) < 4.78 is 3.19. The molecule has 2 aromatic heterocycles. The lowest BCUT2D eigenvalue weighted by Gasteiger charge is -2.15. The van der Waals surface area contributed by atoms with E-state index in [4.69, 9.17) is 0 Å². The van der Waals surface area contributed by atoms with Crippen molar-refractivity contribution >= 4 is 33.9 Å². The number of aromatic nitrogens is 2. The first-order chi connectivity index (χ1) is 8.19. The third-order valence-corrected chi connectivity index (χ3v) is 4.43. The molecule has 0 aliphatic carbocycles. The number of nitrogens with one attached hydrogen (secondary N) is 1. The Kier molecular flexibility index (Phi) is 4.58. The summed E-state index contributed by atoms with van der Waals surface area (Å²) in [4.78, 5) is 0. The minimum Gasteiger partial charge on any atom is -0.310 e. The number of hydrogen-bond donors (Lipinski definition) is 1. The van der Waals surface area contributed by atoms with Gasteiger partial charge in [-0.05, 0) is 52.2 Å². The number of thiophene rings is 1. The standard InChI is InChI=1S/C12H16IN3S/c1-3-14-11(9-6-12(13)17-8-9)7-10-4-5-16(2)15-10/h4-6,8,11,14H,3,7H2,1-2H3. The van der Waals surface area contributed by atoms with E-state index in [0.29, 0.717) is 6.04 Å². The maximum absolute atomic E-state index is 4.44. The van der Waals surface area contributed by atoms with Crippen LogP contribution in [0.5, 0.6) is 0 Å². The summed E-state index contributed by atoms with van der Waals surface area (Å²) >= 11 is 4.16. The lowest BCUT2D eigenvalue weighted by atomic mass is 10.1. The Labute approximate surface area is 119 Å². The van der Waals surface area contributed by atoms with Gasteiger partial charge in [0.15, 0.2) is 0 Å². The first kappa shape index (κ1) is 13.0. The van der Waals surface area contributed by atoms with Crippen molar-refractivity contribution in [2.45, 2.75) is 19.4 Å². The van der Waals surface area contributed by atoms with E-state index in [9.17, 15) is 0 Å². The van der Waals surface area contributed by atoms with Crippen LogP contribution in [-0.4, -0.2) is 16.3 Å². The molecule has 1 N–H and O–H groups in total. The van der Waals surface area contributed by atoms with Crippen LogP contribution in [0.4, 0.5) is 0 Å². The van der Waals surface area contributed by atoms with Gasteiger partial charge in [-0.3, -0.25) is 4.68 Å². The average molecular weight is 361 g/mol. The molecular weight excluding hydrogens is 345 g/mol. The van der Waals surface area contributed by atoms with Gasteiger partial charge in [-0.25, -0.2) is 0 Å². The van der Waals surface area contributed by atoms with Crippen molar-refractivity contribution in [1.82, 2.24) is 15.1 Å². The van der Waals surface area contributed by atoms with Gasteiger partial charge in [0.2, 0.25) is 0 Å². The van der Waals surface area contributed by atoms with Gasteiger partial charge in [0.1, 0.15) is 0 Å². The first-order valence-corrected chi connectivity index (χ1v) is 7.60. The second-order valence-corrected chi connectivity index (χ2v) is 6.78. The smallest absolute Gasteiger partial charge is 0.0656 e. The van der Waals surface area contributed by atoms with Crippen LogP contribution in [-0.2, 0) is 13.5 Å². The minimum atomic E-state index is 0.370. The summed E-state index contributed by atoms with van der Waals surface area (Å²) in [6.45, 7) is 3.12. The van der Waals surface area contributed by atoms with E-state index in [1.807, 2.05) is 17.9 Å². The molecule has 0 saturated heterocycles. The summed E-state index contributed by atoms with van der Waals surface area (Å²) in [5.41, 5.74) is 2.51. The van der Waals surface area contributed by atoms with Crippen molar-refractivity contribution < 1.29 is 0 Å². The Bertz CT molecular complexity index is 478. The lowest BCUT2D eigenvalue weighted by Crippen LogP contribution is -2.22. The Morgan fingerprint density at radius 1 is 1.59 bits per heavy atom. The number of rotatable bonds is 5. The summed E-state index contributed by atoms with van der Waals surface area (Å²) in [6, 6.07) is 4.71. The summed E-state index contributed by atoms with van der Waals surface area (Å²) in [5.74, 6) is 0. The summed E-state index contributed by atoms with van der Waals surface area (Å²) in [7, 11) is 1.96. The van der Waals surface area contributed by atoms with Crippen molar-refractivity contribution in [1.29, 1.82) is 0 Å². The Morgan fingerprint density at radius 2 is 2.41 bits per heavy atom. The molecule has 92 valence electrons. The van der Waals surface area contributed by atoms with Crippen LogP contribution in [0.2, 0.25) is 0 Å². The van der Waals surface area contributed by atoms with Crippen molar-refractivity contribution in [3.05, 3.63) is 37.9 Å². The lowest BCUT2D eigenvalue weighted by molar-refractivity contribution is 0.541. The van der Waals surface area contributed by atoms with Crippen molar-refractivity contribution in [2.24, 2.45) is 7.05 Å². The number of likely N-dealkylation sites (N-methyl/N-ethyl adjacent to an activating group) is 1. The largest absolute Gasteiger partial charge is 0.310 e. The highest BCUT2D eigenvalue weighted by Gasteiger charge is 2.14. The van der Waals surface area contributed by atoms with Gasteiger partial charge in [0, 0.05) is 25.7 Å². The monoisotopic (exact) mass is 361 g/mol. The Hall–Kier alpha value is -0.400. The van der Waals surface area contributed by atoms with Crippen molar-refractivity contribution in [3.63, 3.8) is 0 Å². The minimum absolute atomic E-state index is 0.370. The molecule has 0 bridgehead atoms. The van der Waals surface area contributed by atoms with Crippen LogP contribution in [0, 0.1) is 2.88 Å². The molecule has 2 heterocycles. The quantitative estimate of drug-likeness (QED) is 0.830. The molecule has 0 amide bonds. The zero-order valence-electron chi connectivity index (χ0n) is 9.98. The van der Waals surface area contributed by atoms with Gasteiger partial charge in [0.05, 0.1) is 8.58 Å². The van der Waals surface area contributed by atoms with Gasteiger partial charge in [-0.2, -0.15) is 5.10 Å². The molecule has 5 heteroatoms. The van der Waals surface area contributed by atoms with Crippen molar-refractivity contribution in [2.75, 3.05) is 6.54 Å².